The van der Waals surface area contributed by atoms with E-state index in [0.29, 0.717) is 13.1 Å². The van der Waals surface area contributed by atoms with Crippen LogP contribution >= 0.6 is 11.6 Å². The van der Waals surface area contributed by atoms with Crippen molar-refractivity contribution in [2.75, 3.05) is 26.2 Å². The van der Waals surface area contributed by atoms with Crippen LogP contribution in [-0.2, 0) is 11.2 Å². The molecule has 1 saturated heterocycles. The molecule has 2 heterocycles. The number of aryl methyl sites for hydroxylation is 1. The summed E-state index contributed by atoms with van der Waals surface area (Å²) in [6, 6.07) is 10.8. The summed E-state index contributed by atoms with van der Waals surface area (Å²) in [4.78, 5) is 25.8. The molecule has 0 aliphatic carbocycles. The van der Waals surface area contributed by atoms with Gasteiger partial charge in [-0.05, 0) is 84.2 Å². The Kier molecular flexibility index (Phi) is 14.6. The molecule has 3 rings (SSSR count). The second kappa shape index (κ2) is 17.6. The van der Waals surface area contributed by atoms with E-state index in [1.807, 2.05) is 71.3 Å². The van der Waals surface area contributed by atoms with Gasteiger partial charge in [-0.1, -0.05) is 56.2 Å². The highest BCUT2D eigenvalue weighted by atomic mass is 35.5. The maximum absolute atomic E-state index is 12.6. The molecule has 8 heteroatoms. The number of carbonyl (C=O) groups is 1. The zero-order valence-electron chi connectivity index (χ0n) is 27.1. The average molecular weight is 611 g/mol. The van der Waals surface area contributed by atoms with E-state index < -0.39 is 5.60 Å². The molecule has 2 aromatic rings. The van der Waals surface area contributed by atoms with Gasteiger partial charge < -0.3 is 14.5 Å². The molecule has 1 fully saturated rings. The monoisotopic (exact) mass is 610 g/mol. The van der Waals surface area contributed by atoms with Crippen LogP contribution in [0.25, 0.3) is 5.57 Å². The number of ether oxygens (including phenoxy) is 1. The van der Waals surface area contributed by atoms with Gasteiger partial charge in [-0.25, -0.2) is 9.18 Å². The molecule has 0 saturated carbocycles. The van der Waals surface area contributed by atoms with Gasteiger partial charge in [0.05, 0.1) is 10.7 Å². The molecule has 234 valence electrons. The average Bonchev–Trinajstić information content (AvgIpc) is 2.97. The normalized spacial score (nSPS) is 15.2. The number of hydrogen-bond acceptors (Lipinski definition) is 5. The van der Waals surface area contributed by atoms with Crippen LogP contribution in [0.1, 0.15) is 79.5 Å². The Morgan fingerprint density at radius 1 is 1.09 bits per heavy atom. The van der Waals surface area contributed by atoms with Crippen LogP contribution in [0, 0.1) is 5.82 Å². The number of hydrogen-bond donors (Lipinski definition) is 0. The summed E-state index contributed by atoms with van der Waals surface area (Å²) in [5.74, 6) is -0.341. The first-order chi connectivity index (χ1) is 20.4. The molecule has 1 amide bonds. The molecule has 0 spiro atoms. The van der Waals surface area contributed by atoms with Crippen molar-refractivity contribution in [3.8, 4) is 0 Å². The summed E-state index contributed by atoms with van der Waals surface area (Å²) < 4.78 is 18.1. The summed E-state index contributed by atoms with van der Waals surface area (Å²) in [6.07, 6.45) is 10.5. The van der Waals surface area contributed by atoms with Gasteiger partial charge in [0.25, 0.3) is 0 Å². The van der Waals surface area contributed by atoms with E-state index in [4.69, 9.17) is 21.3 Å². The number of aromatic nitrogens is 1. The highest BCUT2D eigenvalue weighted by Gasteiger charge is 2.27. The Labute approximate surface area is 263 Å². The highest BCUT2D eigenvalue weighted by Crippen LogP contribution is 2.28. The second-order valence-corrected chi connectivity index (χ2v) is 11.7. The van der Waals surface area contributed by atoms with E-state index in [1.54, 1.807) is 17.0 Å². The van der Waals surface area contributed by atoms with Crippen molar-refractivity contribution in [2.45, 2.75) is 80.3 Å². The Hall–Kier alpha value is -3.45. The first kappa shape index (κ1) is 35.7. The van der Waals surface area contributed by atoms with Crippen LogP contribution in [-0.4, -0.2) is 58.4 Å². The molecule has 43 heavy (non-hydrogen) atoms. The van der Waals surface area contributed by atoms with Crippen LogP contribution in [0.2, 0.25) is 5.02 Å². The summed E-state index contributed by atoms with van der Waals surface area (Å²) >= 11 is 5.57. The Morgan fingerprint density at radius 2 is 1.77 bits per heavy atom. The van der Waals surface area contributed by atoms with E-state index in [0.717, 1.165) is 66.2 Å². The summed E-state index contributed by atoms with van der Waals surface area (Å²) in [7, 11) is 0. The van der Waals surface area contributed by atoms with E-state index in [-0.39, 0.29) is 16.9 Å². The molecule has 0 atom stereocenters. The molecular formula is C35H48ClFN4O2. The van der Waals surface area contributed by atoms with E-state index in [1.165, 1.54) is 6.07 Å². The Morgan fingerprint density at radius 3 is 2.30 bits per heavy atom. The van der Waals surface area contributed by atoms with Crippen molar-refractivity contribution in [3.05, 3.63) is 94.3 Å². The van der Waals surface area contributed by atoms with Crippen molar-refractivity contribution in [2.24, 2.45) is 4.99 Å². The smallest absolute Gasteiger partial charge is 0.410 e. The minimum atomic E-state index is -0.486. The lowest BCUT2D eigenvalue weighted by molar-refractivity contribution is 0.0168. The largest absolute Gasteiger partial charge is 0.444 e. The number of aliphatic imine (C=N–C) groups is 1. The van der Waals surface area contributed by atoms with E-state index in [9.17, 15) is 9.18 Å². The van der Waals surface area contributed by atoms with Crippen LogP contribution in [0.15, 0.2) is 77.2 Å². The van der Waals surface area contributed by atoms with Crippen molar-refractivity contribution < 1.29 is 13.9 Å². The lowest BCUT2D eigenvalue weighted by atomic mass is 9.95. The number of pyridine rings is 1. The number of piperazine rings is 1. The van der Waals surface area contributed by atoms with Gasteiger partial charge in [0, 0.05) is 61.1 Å². The molecule has 0 unspecified atom stereocenters. The van der Waals surface area contributed by atoms with Gasteiger partial charge in [0.2, 0.25) is 0 Å². The number of amides is 1. The van der Waals surface area contributed by atoms with Gasteiger partial charge >= 0.3 is 6.09 Å². The lowest BCUT2D eigenvalue weighted by Gasteiger charge is -2.38. The number of allylic oxidation sites excluding steroid dienone is 5. The van der Waals surface area contributed by atoms with Crippen molar-refractivity contribution in [3.63, 3.8) is 0 Å². The number of nitrogens with zero attached hydrogens (tertiary/aromatic N) is 4. The van der Waals surface area contributed by atoms with Crippen LogP contribution < -0.4 is 0 Å². The fourth-order valence-electron chi connectivity index (χ4n) is 4.62. The third kappa shape index (κ3) is 11.6. The second-order valence-electron chi connectivity index (χ2n) is 11.3. The quantitative estimate of drug-likeness (QED) is 0.221. The predicted molar refractivity (Wildman–Crippen MR) is 178 cm³/mol. The summed E-state index contributed by atoms with van der Waals surface area (Å²) in [5, 5.41) is 0.218. The highest BCUT2D eigenvalue weighted by molar-refractivity contribution is 6.30. The summed E-state index contributed by atoms with van der Waals surface area (Å²) in [6.45, 7) is 18.8. The minimum absolute atomic E-state index is 0.218. The van der Waals surface area contributed by atoms with Gasteiger partial charge in [-0.15, -0.1) is 0 Å². The SMILES string of the molecule is CCCc1ccc(F)c(Cl)c1.C\C=C(C(/C(C)=N/C=C/CC)=C(/C)N1CCN(C(=O)OC(C)(C)C)CC1)\c1ccccn1. The molecule has 1 aromatic carbocycles. The third-order valence-corrected chi connectivity index (χ3v) is 7.05. The lowest BCUT2D eigenvalue weighted by Crippen LogP contribution is -2.49. The maximum atomic E-state index is 12.6. The topological polar surface area (TPSA) is 58.0 Å². The first-order valence-corrected chi connectivity index (χ1v) is 15.4. The number of rotatable bonds is 8. The van der Waals surface area contributed by atoms with E-state index in [2.05, 4.69) is 36.7 Å². The fourth-order valence-corrected chi connectivity index (χ4v) is 4.82. The Balaban J connectivity index is 0.000000490. The van der Waals surface area contributed by atoms with Crippen molar-refractivity contribution >= 4 is 29.0 Å². The number of carbonyl (C=O) groups excluding carboxylic acids is 1. The van der Waals surface area contributed by atoms with Crippen LogP contribution in [0.3, 0.4) is 0 Å². The maximum Gasteiger partial charge on any atom is 0.410 e. The standard InChI is InChI=1S/C26H38N4O2.C9H10ClF/c1-8-10-14-27-20(3)24(22(9-2)23-13-11-12-15-28-23)21(4)29-16-18-30(19-17-29)25(31)32-26(5,6)7;1-2-3-7-4-5-9(11)8(10)6-7/h9-15H,8,16-19H2,1-7H3;4-6H,2-3H2,1H3/b14-10+,22-9-,24-21-,27-20+;. The van der Waals surface area contributed by atoms with Crippen molar-refractivity contribution in [1.29, 1.82) is 0 Å². The van der Waals surface area contributed by atoms with Gasteiger partial charge in [0.15, 0.2) is 0 Å². The van der Waals surface area contributed by atoms with Crippen molar-refractivity contribution in [1.82, 2.24) is 14.8 Å². The fraction of sp³-hybridized carbons (Fsp3) is 0.457. The molecule has 1 aliphatic rings. The molecule has 1 aromatic heterocycles. The first-order valence-electron chi connectivity index (χ1n) is 15.1. The third-order valence-electron chi connectivity index (χ3n) is 6.76. The van der Waals surface area contributed by atoms with Crippen LogP contribution in [0.5, 0.6) is 0 Å². The molecule has 1 aliphatic heterocycles. The molecule has 0 radical (unpaired) electrons. The number of benzene rings is 1. The zero-order chi connectivity index (χ0) is 32.0. The molecule has 6 nitrogen and oxygen atoms in total. The van der Waals surface area contributed by atoms with Gasteiger partial charge in [0.1, 0.15) is 11.4 Å². The number of halogens is 2. The Bertz CT molecular complexity index is 1300. The van der Waals surface area contributed by atoms with Gasteiger partial charge in [-0.3, -0.25) is 9.98 Å². The summed E-state index contributed by atoms with van der Waals surface area (Å²) in [5.41, 5.74) is 5.76. The van der Waals surface area contributed by atoms with Gasteiger partial charge in [-0.2, -0.15) is 0 Å². The zero-order valence-corrected chi connectivity index (χ0v) is 27.8. The van der Waals surface area contributed by atoms with Crippen LogP contribution in [0.4, 0.5) is 9.18 Å². The molecule has 0 N–H and O–H groups in total. The molecular weight excluding hydrogens is 563 g/mol. The minimum Gasteiger partial charge on any atom is -0.444 e. The van der Waals surface area contributed by atoms with E-state index >= 15 is 0 Å². The molecule has 0 bridgehead atoms. The predicted octanol–water partition coefficient (Wildman–Crippen LogP) is 9.13.